The number of fused-ring (bicyclic) bond motifs is 8. The molecule has 0 radical (unpaired) electrons. The number of hydrogen-bond acceptors (Lipinski definition) is 5. The van der Waals surface area contributed by atoms with E-state index in [2.05, 4.69) is 167 Å². The standard InChI is InChI=1S/C56H34N4O2/c1-2-12-35(13-3-1)36-22-24-37(25-23-36)38-26-28-39(29-27-38)54-43-15-4-6-16-45(43)57-56(58-54)60-46-17-7-5-14-42(46)44-32-40(30-31-47(44)60)41-33-52-55-53(34-41)62-51-21-11-9-19-49(51)59(55)48-18-8-10-20-50(48)61-52/h1-34H. The van der Waals surface area contributed by atoms with Gasteiger partial charge in [0.05, 0.1) is 33.6 Å². The number of rotatable bonds is 5. The van der Waals surface area contributed by atoms with Gasteiger partial charge in [0.2, 0.25) is 5.95 Å². The number of aromatic nitrogens is 3. The molecular weight excluding hydrogens is 761 g/mol. The van der Waals surface area contributed by atoms with Gasteiger partial charge in [-0.25, -0.2) is 9.97 Å². The van der Waals surface area contributed by atoms with Gasteiger partial charge in [-0.3, -0.25) is 9.47 Å². The highest BCUT2D eigenvalue weighted by atomic mass is 16.5. The fraction of sp³-hybridized carbons (Fsp3) is 0. The quantitative estimate of drug-likeness (QED) is 0.174. The molecule has 4 heterocycles. The number of nitrogens with zero attached hydrogens (tertiary/aromatic N) is 4. The van der Waals surface area contributed by atoms with Gasteiger partial charge < -0.3 is 9.47 Å². The molecule has 0 spiro atoms. The molecule has 0 bridgehead atoms. The first kappa shape index (κ1) is 34.4. The number of hydrogen-bond donors (Lipinski definition) is 0. The third kappa shape index (κ3) is 5.37. The molecule has 2 aliphatic heterocycles. The van der Waals surface area contributed by atoms with Crippen molar-refractivity contribution in [3.05, 3.63) is 206 Å². The predicted molar refractivity (Wildman–Crippen MR) is 250 cm³/mol. The number of para-hydroxylation sites is 6. The molecule has 13 rings (SSSR count). The molecule has 9 aromatic carbocycles. The molecule has 0 saturated carbocycles. The van der Waals surface area contributed by atoms with Crippen LogP contribution in [0.4, 0.5) is 17.1 Å². The molecule has 0 amide bonds. The predicted octanol–water partition coefficient (Wildman–Crippen LogP) is 15.1. The summed E-state index contributed by atoms with van der Waals surface area (Å²) >= 11 is 0. The van der Waals surface area contributed by atoms with Crippen molar-refractivity contribution >= 4 is 49.8 Å². The Bertz CT molecular complexity index is 3510. The smallest absolute Gasteiger partial charge is 0.235 e. The Labute approximate surface area is 357 Å². The van der Waals surface area contributed by atoms with Crippen molar-refractivity contribution in [1.82, 2.24) is 14.5 Å². The number of anilines is 3. The summed E-state index contributed by atoms with van der Waals surface area (Å²) in [7, 11) is 0. The van der Waals surface area contributed by atoms with Crippen LogP contribution in [0.25, 0.3) is 83.3 Å². The highest BCUT2D eigenvalue weighted by Gasteiger charge is 2.35. The Balaban J connectivity index is 0.913. The molecule has 6 nitrogen and oxygen atoms in total. The summed E-state index contributed by atoms with van der Waals surface area (Å²) < 4.78 is 15.4. The van der Waals surface area contributed by atoms with E-state index in [1.807, 2.05) is 48.5 Å². The van der Waals surface area contributed by atoms with Crippen molar-refractivity contribution in [1.29, 1.82) is 0 Å². The van der Waals surface area contributed by atoms with Gasteiger partial charge >= 0.3 is 0 Å². The zero-order valence-corrected chi connectivity index (χ0v) is 33.2. The minimum atomic E-state index is 0.621. The van der Waals surface area contributed by atoms with Crippen LogP contribution in [-0.4, -0.2) is 14.5 Å². The zero-order chi connectivity index (χ0) is 40.7. The minimum absolute atomic E-state index is 0.621. The van der Waals surface area contributed by atoms with Gasteiger partial charge in [0.1, 0.15) is 5.69 Å². The fourth-order valence-electron chi connectivity index (χ4n) is 9.25. The van der Waals surface area contributed by atoms with E-state index in [1.165, 1.54) is 16.7 Å². The second kappa shape index (κ2) is 13.5. The second-order valence-electron chi connectivity index (χ2n) is 15.8. The average Bonchev–Trinajstić information content (AvgIpc) is 3.67. The van der Waals surface area contributed by atoms with Gasteiger partial charge in [-0.15, -0.1) is 0 Å². The van der Waals surface area contributed by atoms with Crippen molar-refractivity contribution in [3.8, 4) is 73.6 Å². The van der Waals surface area contributed by atoms with Crippen LogP contribution in [0.1, 0.15) is 0 Å². The van der Waals surface area contributed by atoms with Gasteiger partial charge in [0.25, 0.3) is 0 Å². The molecule has 0 unspecified atom stereocenters. The van der Waals surface area contributed by atoms with E-state index in [-0.39, 0.29) is 0 Å². The van der Waals surface area contributed by atoms with Crippen LogP contribution in [-0.2, 0) is 0 Å². The highest BCUT2D eigenvalue weighted by Crippen LogP contribution is 2.60. The van der Waals surface area contributed by atoms with E-state index in [9.17, 15) is 0 Å². The molecule has 0 atom stereocenters. The lowest BCUT2D eigenvalue weighted by Crippen LogP contribution is -2.20. The van der Waals surface area contributed by atoms with E-state index in [0.717, 1.165) is 101 Å². The molecule has 0 saturated heterocycles. The molecule has 290 valence electrons. The molecule has 11 aromatic rings. The summed E-state index contributed by atoms with van der Waals surface area (Å²) in [5, 5.41) is 3.22. The monoisotopic (exact) mass is 794 g/mol. The summed E-state index contributed by atoms with van der Waals surface area (Å²) in [5.74, 6) is 3.73. The minimum Gasteiger partial charge on any atom is -0.453 e. The van der Waals surface area contributed by atoms with E-state index in [0.29, 0.717) is 5.95 Å². The van der Waals surface area contributed by atoms with E-state index < -0.39 is 0 Å². The zero-order valence-electron chi connectivity index (χ0n) is 33.2. The Hall–Kier alpha value is -8.48. The normalized spacial score (nSPS) is 12.4. The lowest BCUT2D eigenvalue weighted by molar-refractivity contribution is 0.446. The first-order chi connectivity index (χ1) is 30.7. The summed E-state index contributed by atoms with van der Waals surface area (Å²) in [6.07, 6.45) is 0. The molecule has 0 fully saturated rings. The van der Waals surface area contributed by atoms with Crippen molar-refractivity contribution in [3.63, 3.8) is 0 Å². The van der Waals surface area contributed by atoms with E-state index in [4.69, 9.17) is 19.4 Å². The molecule has 6 heteroatoms. The summed E-state index contributed by atoms with van der Waals surface area (Å²) in [5.41, 5.74) is 14.5. The van der Waals surface area contributed by atoms with Crippen molar-refractivity contribution in [2.24, 2.45) is 0 Å². The molecule has 0 aliphatic carbocycles. The summed E-state index contributed by atoms with van der Waals surface area (Å²) in [6.45, 7) is 0. The average molecular weight is 795 g/mol. The van der Waals surface area contributed by atoms with Crippen LogP contribution in [0.5, 0.6) is 23.0 Å². The third-order valence-electron chi connectivity index (χ3n) is 12.2. The van der Waals surface area contributed by atoms with Gasteiger partial charge in [-0.2, -0.15) is 0 Å². The van der Waals surface area contributed by atoms with Crippen molar-refractivity contribution in [2.45, 2.75) is 0 Å². The topological polar surface area (TPSA) is 52.4 Å². The second-order valence-corrected chi connectivity index (χ2v) is 15.8. The van der Waals surface area contributed by atoms with Crippen LogP contribution in [0.2, 0.25) is 0 Å². The SMILES string of the molecule is c1ccc(-c2ccc(-c3ccc(-c4nc(-n5c6ccccc6c6cc(-c7cc8c9c(c7)Oc7ccccc7N9c7ccccc7O8)ccc65)nc5ccccc45)cc3)cc2)cc1. The molecule has 62 heavy (non-hydrogen) atoms. The fourth-order valence-corrected chi connectivity index (χ4v) is 9.25. The largest absolute Gasteiger partial charge is 0.453 e. The van der Waals surface area contributed by atoms with Crippen LogP contribution >= 0.6 is 0 Å². The van der Waals surface area contributed by atoms with Gasteiger partial charge in [0, 0.05) is 21.7 Å². The third-order valence-corrected chi connectivity index (χ3v) is 12.2. The Morgan fingerprint density at radius 3 is 1.53 bits per heavy atom. The van der Waals surface area contributed by atoms with Crippen LogP contribution < -0.4 is 14.4 Å². The Kier molecular flexibility index (Phi) is 7.50. The number of benzene rings is 9. The van der Waals surface area contributed by atoms with E-state index >= 15 is 0 Å². The lowest BCUT2D eigenvalue weighted by atomic mass is 9.98. The summed E-state index contributed by atoms with van der Waals surface area (Å²) in [4.78, 5) is 12.8. The van der Waals surface area contributed by atoms with Crippen LogP contribution in [0, 0.1) is 0 Å². The first-order valence-electron chi connectivity index (χ1n) is 20.8. The maximum Gasteiger partial charge on any atom is 0.235 e. The maximum atomic E-state index is 6.61. The molecule has 2 aromatic heterocycles. The van der Waals surface area contributed by atoms with Crippen LogP contribution in [0.15, 0.2) is 206 Å². The van der Waals surface area contributed by atoms with Gasteiger partial charge in [0.15, 0.2) is 23.0 Å². The van der Waals surface area contributed by atoms with Crippen molar-refractivity contribution < 1.29 is 9.47 Å². The Morgan fingerprint density at radius 1 is 0.339 bits per heavy atom. The van der Waals surface area contributed by atoms with Crippen molar-refractivity contribution in [2.75, 3.05) is 4.90 Å². The molecular formula is C56H34N4O2. The first-order valence-corrected chi connectivity index (χ1v) is 20.8. The van der Waals surface area contributed by atoms with E-state index in [1.54, 1.807) is 0 Å². The van der Waals surface area contributed by atoms with Gasteiger partial charge in [-0.1, -0.05) is 146 Å². The summed E-state index contributed by atoms with van der Waals surface area (Å²) in [6, 6.07) is 71.9. The highest BCUT2D eigenvalue weighted by molar-refractivity contribution is 6.10. The van der Waals surface area contributed by atoms with Crippen LogP contribution in [0.3, 0.4) is 0 Å². The lowest BCUT2D eigenvalue weighted by Gasteiger charge is -2.38. The number of ether oxygens (including phenoxy) is 2. The Morgan fingerprint density at radius 2 is 0.855 bits per heavy atom. The molecule has 2 aliphatic rings. The van der Waals surface area contributed by atoms with Gasteiger partial charge in [-0.05, 0) is 94.0 Å². The molecule has 0 N–H and O–H groups in total. The maximum absolute atomic E-state index is 6.61.